The number of carbonyl (C=O) groups is 2. The first-order chi connectivity index (χ1) is 14.0. The molecule has 2 amide bonds. The minimum atomic E-state index is -0.000527. The number of benzene rings is 1. The van der Waals surface area contributed by atoms with Gasteiger partial charge in [0.25, 0.3) is 5.91 Å². The molecule has 29 heavy (non-hydrogen) atoms. The Bertz CT molecular complexity index is 906. The quantitative estimate of drug-likeness (QED) is 0.841. The van der Waals surface area contributed by atoms with Crippen molar-refractivity contribution in [1.82, 2.24) is 9.88 Å². The van der Waals surface area contributed by atoms with Gasteiger partial charge in [0, 0.05) is 61.1 Å². The Morgan fingerprint density at radius 1 is 1.21 bits per heavy atom. The third-order valence-corrected chi connectivity index (χ3v) is 5.81. The minimum absolute atomic E-state index is 0.000527. The van der Waals surface area contributed by atoms with E-state index < -0.39 is 0 Å². The molecule has 1 aliphatic carbocycles. The zero-order chi connectivity index (χ0) is 20.4. The largest absolute Gasteiger partial charge is 0.490 e. The van der Waals surface area contributed by atoms with Gasteiger partial charge in [-0.1, -0.05) is 13.0 Å². The molecule has 0 radical (unpaired) electrons. The van der Waals surface area contributed by atoms with E-state index >= 15 is 0 Å². The van der Waals surface area contributed by atoms with Crippen LogP contribution < -0.4 is 10.1 Å². The lowest BCUT2D eigenvalue weighted by Gasteiger charge is -2.32. The molecule has 0 unspecified atom stereocenters. The molecule has 6 heteroatoms. The van der Waals surface area contributed by atoms with Gasteiger partial charge < -0.3 is 15.0 Å². The lowest BCUT2D eigenvalue weighted by Crippen LogP contribution is -2.41. The van der Waals surface area contributed by atoms with E-state index in [2.05, 4.69) is 17.2 Å². The van der Waals surface area contributed by atoms with Gasteiger partial charge in [-0.25, -0.2) is 0 Å². The number of aromatic nitrogens is 1. The molecule has 0 bridgehead atoms. The van der Waals surface area contributed by atoms with E-state index in [0.717, 1.165) is 30.6 Å². The van der Waals surface area contributed by atoms with Crippen LogP contribution in [-0.4, -0.2) is 40.9 Å². The van der Waals surface area contributed by atoms with Crippen LogP contribution in [-0.2, 0) is 4.79 Å². The average molecular weight is 393 g/mol. The third-order valence-electron chi connectivity index (χ3n) is 5.81. The van der Waals surface area contributed by atoms with Crippen LogP contribution >= 0.6 is 0 Å². The van der Waals surface area contributed by atoms with Gasteiger partial charge in [-0.3, -0.25) is 14.6 Å². The highest BCUT2D eigenvalue weighted by atomic mass is 16.5. The molecule has 1 saturated carbocycles. The van der Waals surface area contributed by atoms with E-state index in [4.69, 9.17) is 4.74 Å². The van der Waals surface area contributed by atoms with E-state index in [-0.39, 0.29) is 23.8 Å². The second-order valence-corrected chi connectivity index (χ2v) is 8.14. The van der Waals surface area contributed by atoms with Crippen LogP contribution in [0.15, 0.2) is 42.7 Å². The summed E-state index contributed by atoms with van der Waals surface area (Å²) in [6, 6.07) is 9.12. The smallest absolute Gasteiger partial charge is 0.253 e. The molecular formula is C23H27N3O3. The van der Waals surface area contributed by atoms with Gasteiger partial charge in [-0.2, -0.15) is 0 Å². The monoisotopic (exact) mass is 393 g/mol. The Balaban J connectivity index is 1.33. The van der Waals surface area contributed by atoms with Crippen LogP contribution in [0.3, 0.4) is 0 Å². The van der Waals surface area contributed by atoms with Crippen LogP contribution in [0.4, 0.5) is 5.69 Å². The van der Waals surface area contributed by atoms with E-state index in [9.17, 15) is 9.59 Å². The number of rotatable bonds is 5. The number of hydrogen-bond donors (Lipinski definition) is 1. The van der Waals surface area contributed by atoms with Gasteiger partial charge in [0.2, 0.25) is 5.91 Å². The van der Waals surface area contributed by atoms with E-state index in [1.165, 1.54) is 0 Å². The first-order valence-corrected chi connectivity index (χ1v) is 10.3. The maximum absolute atomic E-state index is 12.9. The van der Waals surface area contributed by atoms with Crippen molar-refractivity contribution in [2.24, 2.45) is 11.8 Å². The van der Waals surface area contributed by atoms with Crippen LogP contribution in [0.2, 0.25) is 0 Å². The highest BCUT2D eigenvalue weighted by molar-refractivity contribution is 5.98. The van der Waals surface area contributed by atoms with Crippen LogP contribution in [0.5, 0.6) is 5.75 Å². The predicted octanol–water partition coefficient (Wildman–Crippen LogP) is 3.67. The number of nitrogens with zero attached hydrogens (tertiary/aromatic N) is 2. The summed E-state index contributed by atoms with van der Waals surface area (Å²) in [6.45, 7) is 5.37. The number of piperidine rings is 1. The number of nitrogens with one attached hydrogen (secondary N) is 1. The topological polar surface area (TPSA) is 71.5 Å². The Kier molecular flexibility index (Phi) is 5.51. The van der Waals surface area contributed by atoms with Crippen molar-refractivity contribution in [2.75, 3.05) is 18.4 Å². The molecule has 1 saturated heterocycles. The standard InChI is InChI=1S/C23H27N3O3/c1-15-12-20(15)22(27)25-18-5-3-4-17(13-18)23(28)26-10-7-19(8-11-26)29-21-6-9-24-14-16(21)2/h3-6,9,13-15,19-20H,7-8,10-12H2,1-2H3,(H,25,27)/t15-,20-/m1/s1. The summed E-state index contributed by atoms with van der Waals surface area (Å²) in [4.78, 5) is 31.0. The zero-order valence-corrected chi connectivity index (χ0v) is 16.9. The number of likely N-dealkylation sites (tertiary alicyclic amines) is 1. The maximum Gasteiger partial charge on any atom is 0.253 e. The lowest BCUT2D eigenvalue weighted by atomic mass is 10.1. The molecule has 1 aromatic heterocycles. The van der Waals surface area contributed by atoms with E-state index in [0.29, 0.717) is 30.3 Å². The second-order valence-electron chi connectivity index (χ2n) is 8.14. The van der Waals surface area contributed by atoms with Gasteiger partial charge in [0.1, 0.15) is 11.9 Å². The molecule has 2 aliphatic rings. The van der Waals surface area contributed by atoms with Crippen molar-refractivity contribution in [1.29, 1.82) is 0 Å². The van der Waals surface area contributed by atoms with Gasteiger partial charge in [0.05, 0.1) is 0 Å². The SMILES string of the molecule is Cc1cnccc1OC1CCN(C(=O)c2cccc(NC(=O)[C@@H]3C[C@H]3C)c2)CC1. The molecule has 2 heterocycles. The molecule has 2 aromatic rings. The highest BCUT2D eigenvalue weighted by Gasteiger charge is 2.39. The summed E-state index contributed by atoms with van der Waals surface area (Å²) in [6.07, 6.45) is 6.17. The fraction of sp³-hybridized carbons (Fsp3) is 0.435. The van der Waals surface area contributed by atoms with Crippen molar-refractivity contribution in [3.63, 3.8) is 0 Å². The number of carbonyl (C=O) groups excluding carboxylic acids is 2. The Morgan fingerprint density at radius 2 is 1.97 bits per heavy atom. The molecule has 1 N–H and O–H groups in total. The molecule has 2 fully saturated rings. The van der Waals surface area contributed by atoms with Gasteiger partial charge in [0.15, 0.2) is 0 Å². The van der Waals surface area contributed by atoms with Gasteiger partial charge in [-0.05, 0) is 43.5 Å². The van der Waals surface area contributed by atoms with Crippen LogP contribution in [0.1, 0.15) is 42.1 Å². The molecular weight excluding hydrogens is 366 g/mol. The molecule has 152 valence electrons. The molecule has 2 atom stereocenters. The Hall–Kier alpha value is -2.89. The molecule has 1 aliphatic heterocycles. The second kappa shape index (κ2) is 8.23. The summed E-state index contributed by atoms with van der Waals surface area (Å²) >= 11 is 0. The lowest BCUT2D eigenvalue weighted by molar-refractivity contribution is -0.117. The fourth-order valence-corrected chi connectivity index (χ4v) is 3.78. The predicted molar refractivity (Wildman–Crippen MR) is 111 cm³/mol. The van der Waals surface area contributed by atoms with E-state index in [1.807, 2.05) is 30.0 Å². The highest BCUT2D eigenvalue weighted by Crippen LogP contribution is 2.38. The molecule has 1 aromatic carbocycles. The summed E-state index contributed by atoms with van der Waals surface area (Å²) in [7, 11) is 0. The van der Waals surface area contributed by atoms with Crippen molar-refractivity contribution in [3.8, 4) is 5.75 Å². The number of anilines is 1. The zero-order valence-electron chi connectivity index (χ0n) is 16.9. The van der Waals surface area contributed by atoms with E-state index in [1.54, 1.807) is 24.5 Å². The molecule has 6 nitrogen and oxygen atoms in total. The first-order valence-electron chi connectivity index (χ1n) is 10.3. The number of amides is 2. The third kappa shape index (κ3) is 4.58. The molecule has 4 rings (SSSR count). The van der Waals surface area contributed by atoms with Gasteiger partial charge >= 0.3 is 0 Å². The van der Waals surface area contributed by atoms with Crippen molar-refractivity contribution in [3.05, 3.63) is 53.9 Å². The first kappa shape index (κ1) is 19.4. The maximum atomic E-state index is 12.9. The summed E-state index contributed by atoms with van der Waals surface area (Å²) in [5.74, 6) is 1.47. The normalized spacial score (nSPS) is 21.5. The number of pyridine rings is 1. The van der Waals surface area contributed by atoms with Crippen LogP contribution in [0.25, 0.3) is 0 Å². The summed E-state index contributed by atoms with van der Waals surface area (Å²) in [5.41, 5.74) is 2.31. The average Bonchev–Trinajstić information content (AvgIpc) is 3.47. The van der Waals surface area contributed by atoms with Crippen molar-refractivity contribution in [2.45, 2.75) is 39.2 Å². The van der Waals surface area contributed by atoms with Crippen molar-refractivity contribution >= 4 is 17.5 Å². The summed E-state index contributed by atoms with van der Waals surface area (Å²) < 4.78 is 6.09. The minimum Gasteiger partial charge on any atom is -0.490 e. The van der Waals surface area contributed by atoms with Crippen LogP contribution in [0, 0.1) is 18.8 Å². The summed E-state index contributed by atoms with van der Waals surface area (Å²) in [5, 5.41) is 2.94. The van der Waals surface area contributed by atoms with Gasteiger partial charge in [-0.15, -0.1) is 0 Å². The number of aryl methyl sites for hydroxylation is 1. The Labute approximate surface area is 171 Å². The fourth-order valence-electron chi connectivity index (χ4n) is 3.78. The van der Waals surface area contributed by atoms with Crippen molar-refractivity contribution < 1.29 is 14.3 Å². The number of ether oxygens (including phenoxy) is 1. The Morgan fingerprint density at radius 3 is 2.66 bits per heavy atom. The number of hydrogen-bond acceptors (Lipinski definition) is 4. The molecule has 0 spiro atoms.